The number of nitrogens with zero attached hydrogens (tertiary/aromatic N) is 2. The van der Waals surface area contributed by atoms with Gasteiger partial charge in [-0.3, -0.25) is 4.90 Å². The Kier molecular flexibility index (Phi) is 17.6. The van der Waals surface area contributed by atoms with Crippen LogP contribution in [0.1, 0.15) is 77.9 Å². The van der Waals surface area contributed by atoms with E-state index in [9.17, 15) is 10.2 Å². The van der Waals surface area contributed by atoms with E-state index < -0.39 is 10.8 Å². The Morgan fingerprint density at radius 3 is 0.949 bits per heavy atom. The quantitative estimate of drug-likeness (QED) is 0.0892. The van der Waals surface area contributed by atoms with Crippen LogP contribution in [0, 0.1) is 27.7 Å². The fourth-order valence-electron chi connectivity index (χ4n) is 12.2. The number of phenolic OH excluding ortho intramolecular Hbond substituents is 2. The molecule has 2 N–H and O–H groups in total. The summed E-state index contributed by atoms with van der Waals surface area (Å²) in [5, 5.41) is 25.8. The summed E-state index contributed by atoms with van der Waals surface area (Å²) < 4.78 is 0. The third-order valence-electron chi connectivity index (χ3n) is 15.7. The van der Waals surface area contributed by atoms with E-state index in [4.69, 9.17) is 0 Å². The average molecular weight is 1070 g/mol. The minimum absolute atomic E-state index is 0. The molecule has 0 amide bonds. The first-order valence-corrected chi connectivity index (χ1v) is 27.2. The molecule has 390 valence electrons. The van der Waals surface area contributed by atoms with Crippen molar-refractivity contribution in [3.63, 3.8) is 0 Å². The molecule has 0 unspecified atom stereocenters. The summed E-state index contributed by atoms with van der Waals surface area (Å²) in [7, 11) is 4.21. The molecule has 10 aromatic rings. The number of benzene rings is 10. The number of hydrogen-bond donors (Lipinski definition) is 2. The van der Waals surface area contributed by atoms with Crippen molar-refractivity contribution in [1.82, 2.24) is 9.80 Å². The molecule has 0 aliphatic heterocycles. The van der Waals surface area contributed by atoms with Crippen molar-refractivity contribution < 1.29 is 31.9 Å². The zero-order valence-electron chi connectivity index (χ0n) is 46.0. The maximum atomic E-state index is 12.9. The molecule has 10 aromatic carbocycles. The smallest absolute Gasteiger partial charge is 0.507 e. The Morgan fingerprint density at radius 1 is 0.367 bits per heavy atom. The summed E-state index contributed by atoms with van der Waals surface area (Å²) in [6.07, 6.45) is 1.42. The van der Waals surface area contributed by atoms with Crippen molar-refractivity contribution in [1.29, 1.82) is 0 Å². The molecule has 0 aromatic heterocycles. The van der Waals surface area contributed by atoms with Gasteiger partial charge in [-0.25, -0.2) is 0 Å². The number of likely N-dealkylation sites (N-methyl/N-ethyl adjacent to an activating group) is 1. The summed E-state index contributed by atoms with van der Waals surface area (Å²) in [5.41, 5.74) is 18.9. The molecule has 0 fully saturated rings. The van der Waals surface area contributed by atoms with Gasteiger partial charge < -0.3 is 15.1 Å². The second-order valence-electron chi connectivity index (χ2n) is 21.4. The van der Waals surface area contributed by atoms with Crippen LogP contribution in [0.4, 0.5) is 0 Å². The molecule has 2 aliphatic carbocycles. The Hall–Kier alpha value is -7.83. The molecule has 12 rings (SSSR count). The maximum Gasteiger partial charge on any atom is 4.00 e. The summed E-state index contributed by atoms with van der Waals surface area (Å²) >= 11 is 0. The van der Waals surface area contributed by atoms with E-state index in [1.807, 2.05) is 60.7 Å². The van der Waals surface area contributed by atoms with Crippen LogP contribution in [0.15, 0.2) is 243 Å². The normalized spacial score (nSPS) is 12.9. The molecule has 2 aliphatic rings. The van der Waals surface area contributed by atoms with Gasteiger partial charge in [0.15, 0.2) is 0 Å². The van der Waals surface area contributed by atoms with Gasteiger partial charge in [0.2, 0.25) is 0 Å². The van der Waals surface area contributed by atoms with Crippen molar-refractivity contribution in [2.45, 2.75) is 50.6 Å². The van der Waals surface area contributed by atoms with Gasteiger partial charge in [-0.2, -0.15) is 49.2 Å². The zero-order valence-corrected chi connectivity index (χ0v) is 47.6. The molecule has 0 heterocycles. The van der Waals surface area contributed by atoms with E-state index in [2.05, 4.69) is 234 Å². The van der Waals surface area contributed by atoms with Crippen molar-refractivity contribution >= 4 is 0 Å². The third-order valence-corrected chi connectivity index (χ3v) is 15.7. The van der Waals surface area contributed by atoms with Gasteiger partial charge in [0.1, 0.15) is 11.5 Å². The number of hydrogen-bond acceptors (Lipinski definition) is 4. The van der Waals surface area contributed by atoms with E-state index in [1.165, 1.54) is 55.6 Å². The molecule has 0 atom stereocenters. The number of aromatic hydroxyl groups is 2. The standard InChI is InChI=1S/C60H56N2O2.2C7H7.Ti/c1-41-33-45(57(63)55(35-41)59(37-43-19-7-5-8-20-43)51-27-15-11-23-47(51)48-24-12-16-28-52(48)59)39-62(32-31-61(3)4)40-46-34-42(2)36-56(58(46)64)60(38-44-21-9-6-10-22-44)53-29-17-13-25-49(53)50-26-14-18-30-54(50)60;2*1-7-5-3-2-4-6-7;/h5-30,33-36,63-64H,31-32,37-40H2,1-4H3;2*2-6H,1H2;/q;2*-1;+4. The number of rotatable bonds is 13. The summed E-state index contributed by atoms with van der Waals surface area (Å²) in [5.74, 6) is 0.663. The third kappa shape index (κ3) is 11.7. The Balaban J connectivity index is 0.000000440. The topological polar surface area (TPSA) is 46.9 Å². The molecule has 0 saturated heterocycles. The monoisotopic (exact) mass is 1070 g/mol. The first kappa shape index (κ1) is 55.9. The minimum atomic E-state index is -0.613. The van der Waals surface area contributed by atoms with E-state index in [1.54, 1.807) is 0 Å². The molecule has 4 nitrogen and oxygen atoms in total. The van der Waals surface area contributed by atoms with Crippen LogP contribution < -0.4 is 0 Å². The van der Waals surface area contributed by atoms with Gasteiger partial charge >= 0.3 is 21.7 Å². The second kappa shape index (κ2) is 24.9. The Bertz CT molecular complexity index is 3310. The van der Waals surface area contributed by atoms with Crippen molar-refractivity contribution in [2.24, 2.45) is 0 Å². The molecular weight excluding hydrogens is 997 g/mol. The van der Waals surface area contributed by atoms with E-state index in [-0.39, 0.29) is 21.7 Å². The molecule has 0 saturated carbocycles. The number of phenols is 2. The van der Waals surface area contributed by atoms with E-state index in [0.717, 1.165) is 57.6 Å². The second-order valence-corrected chi connectivity index (χ2v) is 21.4. The van der Waals surface area contributed by atoms with Crippen LogP contribution in [0.3, 0.4) is 0 Å². The Morgan fingerprint density at radius 2 is 0.658 bits per heavy atom. The van der Waals surface area contributed by atoms with Gasteiger partial charge in [0.05, 0.1) is 10.8 Å². The fraction of sp³-hybridized carbons (Fsp3) is 0.162. The van der Waals surface area contributed by atoms with Crippen molar-refractivity contribution in [3.05, 3.63) is 334 Å². The molecule has 5 heteroatoms. The van der Waals surface area contributed by atoms with E-state index >= 15 is 0 Å². The molecule has 0 spiro atoms. The largest absolute Gasteiger partial charge is 4.00 e. The fourth-order valence-corrected chi connectivity index (χ4v) is 12.2. The SMILES string of the molecule is Cc1cc(CN(CCN(C)C)Cc2cc(C)cc(C3(Cc4ccccc4)c4ccccc4-c4ccccc43)c2O)c(O)c(C2(Cc3ccccc3)c3ccccc3-c3ccccc32)c1.[CH2-]c1ccccc1.[CH2-]c1ccccc1.[Ti+4]. The van der Waals surface area contributed by atoms with Gasteiger partial charge in [0.25, 0.3) is 0 Å². The van der Waals surface area contributed by atoms with E-state index in [0.29, 0.717) is 37.4 Å². The van der Waals surface area contributed by atoms with Crippen LogP contribution >= 0.6 is 0 Å². The first-order valence-electron chi connectivity index (χ1n) is 27.2. The number of aryl methyl sites for hydroxylation is 2. The van der Waals surface area contributed by atoms with Crippen molar-refractivity contribution in [2.75, 3.05) is 27.2 Å². The predicted molar refractivity (Wildman–Crippen MR) is 324 cm³/mol. The van der Waals surface area contributed by atoms with Gasteiger partial charge in [-0.15, -0.1) is 24.3 Å². The van der Waals surface area contributed by atoms with Crippen LogP contribution in [0.25, 0.3) is 22.3 Å². The predicted octanol–water partition coefficient (Wildman–Crippen LogP) is 16.1. The van der Waals surface area contributed by atoms with Crippen LogP contribution in [-0.4, -0.2) is 47.2 Å². The maximum absolute atomic E-state index is 12.9. The Labute approximate surface area is 484 Å². The van der Waals surface area contributed by atoms with Crippen LogP contribution in [-0.2, 0) is 58.5 Å². The molecule has 0 radical (unpaired) electrons. The first-order chi connectivity index (χ1) is 38.0. The molecule has 79 heavy (non-hydrogen) atoms. The minimum Gasteiger partial charge on any atom is -0.507 e. The summed E-state index contributed by atoms with van der Waals surface area (Å²) in [6, 6.07) is 84.9. The van der Waals surface area contributed by atoms with Crippen LogP contribution in [0.2, 0.25) is 0 Å². The van der Waals surface area contributed by atoms with Crippen molar-refractivity contribution in [3.8, 4) is 33.8 Å². The summed E-state index contributed by atoms with van der Waals surface area (Å²) in [6.45, 7) is 14.3. The van der Waals surface area contributed by atoms with Gasteiger partial charge in [-0.05, 0) is 96.4 Å². The summed E-state index contributed by atoms with van der Waals surface area (Å²) in [4.78, 5) is 4.61. The molecule has 0 bridgehead atoms. The zero-order chi connectivity index (χ0) is 54.2. The molecular formula is C74H70N2O2Ti+2. The van der Waals surface area contributed by atoms with Gasteiger partial charge in [-0.1, -0.05) is 205 Å². The van der Waals surface area contributed by atoms with Crippen LogP contribution in [0.5, 0.6) is 11.5 Å². The number of fused-ring (bicyclic) bond motifs is 6. The average Bonchev–Trinajstić information content (AvgIpc) is 3.97. The van der Waals surface area contributed by atoms with Gasteiger partial charge in [0, 0.05) is 48.4 Å².